The zero-order chi connectivity index (χ0) is 20.1. The van der Waals surface area contributed by atoms with E-state index in [9.17, 15) is 4.79 Å². The summed E-state index contributed by atoms with van der Waals surface area (Å²) in [5.74, 6) is 1.59. The van der Waals surface area contributed by atoms with Gasteiger partial charge in [-0.15, -0.1) is 0 Å². The summed E-state index contributed by atoms with van der Waals surface area (Å²) in [7, 11) is 0. The van der Waals surface area contributed by atoms with Gasteiger partial charge in [0.2, 0.25) is 0 Å². The molecule has 4 heteroatoms. The van der Waals surface area contributed by atoms with Gasteiger partial charge in [-0.1, -0.05) is 57.2 Å². The van der Waals surface area contributed by atoms with E-state index in [4.69, 9.17) is 9.47 Å². The first-order valence-electron chi connectivity index (χ1n) is 9.77. The minimum atomic E-state index is 0.0410. The summed E-state index contributed by atoms with van der Waals surface area (Å²) in [6, 6.07) is 14.3. The van der Waals surface area contributed by atoms with Crippen LogP contribution in [0.3, 0.4) is 0 Å². The predicted molar refractivity (Wildman–Crippen MR) is 113 cm³/mol. The Morgan fingerprint density at radius 1 is 1.07 bits per heavy atom. The molecule has 1 N–H and O–H groups in total. The van der Waals surface area contributed by atoms with Gasteiger partial charge in [-0.3, -0.25) is 4.79 Å². The topological polar surface area (TPSA) is 47.6 Å². The first-order chi connectivity index (χ1) is 13.3. The Labute approximate surface area is 167 Å². The number of hydrogen-bond acceptors (Lipinski definition) is 4. The summed E-state index contributed by atoms with van der Waals surface area (Å²) in [5.41, 5.74) is 3.51. The van der Waals surface area contributed by atoms with Gasteiger partial charge in [0.05, 0.1) is 6.54 Å². The molecule has 28 heavy (non-hydrogen) atoms. The van der Waals surface area contributed by atoms with Crippen molar-refractivity contribution in [3.05, 3.63) is 65.2 Å². The maximum Gasteiger partial charge on any atom is 0.169 e. The number of ether oxygens (including phenoxy) is 2. The average molecular weight is 380 g/mol. The van der Waals surface area contributed by atoms with E-state index in [-0.39, 0.29) is 23.8 Å². The van der Waals surface area contributed by atoms with Crippen molar-refractivity contribution >= 4 is 11.9 Å². The Morgan fingerprint density at radius 3 is 2.43 bits per heavy atom. The zero-order valence-corrected chi connectivity index (χ0v) is 17.1. The second-order valence-corrected chi connectivity index (χ2v) is 8.18. The number of hydrogen-bond donors (Lipinski definition) is 1. The van der Waals surface area contributed by atoms with Crippen molar-refractivity contribution in [2.45, 2.75) is 39.2 Å². The fraction of sp³-hybridized carbons (Fsp3) is 0.375. The number of nitrogens with one attached hydrogen (secondary N) is 1. The van der Waals surface area contributed by atoms with Gasteiger partial charge in [0.1, 0.15) is 13.2 Å². The van der Waals surface area contributed by atoms with Crippen LogP contribution in [0.1, 0.15) is 50.4 Å². The van der Waals surface area contributed by atoms with Crippen LogP contribution >= 0.6 is 0 Å². The van der Waals surface area contributed by atoms with Gasteiger partial charge in [0.15, 0.2) is 17.3 Å². The van der Waals surface area contributed by atoms with E-state index in [1.165, 1.54) is 5.56 Å². The van der Waals surface area contributed by atoms with Crippen molar-refractivity contribution in [1.82, 2.24) is 5.32 Å². The summed E-state index contributed by atoms with van der Waals surface area (Å²) < 4.78 is 11.2. The number of carbonyl (C=O) groups is 1. The normalized spacial score (nSPS) is 14.9. The van der Waals surface area contributed by atoms with Crippen LogP contribution in [0, 0.1) is 0 Å². The quantitative estimate of drug-likeness (QED) is 0.740. The zero-order valence-electron chi connectivity index (χ0n) is 17.1. The van der Waals surface area contributed by atoms with Gasteiger partial charge < -0.3 is 14.8 Å². The molecule has 0 aromatic heterocycles. The maximum absolute atomic E-state index is 12.2. The summed E-state index contributed by atoms with van der Waals surface area (Å²) in [5, 5.41) is 3.27. The Balaban J connectivity index is 1.53. The molecule has 0 amide bonds. The van der Waals surface area contributed by atoms with E-state index in [1.54, 1.807) is 6.08 Å². The van der Waals surface area contributed by atoms with E-state index >= 15 is 0 Å². The van der Waals surface area contributed by atoms with Crippen molar-refractivity contribution < 1.29 is 14.3 Å². The fourth-order valence-corrected chi connectivity index (χ4v) is 3.04. The highest BCUT2D eigenvalue weighted by Gasteiger charge is 2.15. The van der Waals surface area contributed by atoms with Crippen molar-refractivity contribution in [2.24, 2.45) is 0 Å². The van der Waals surface area contributed by atoms with Gasteiger partial charge in [-0.25, -0.2) is 0 Å². The monoisotopic (exact) mass is 379 g/mol. The summed E-state index contributed by atoms with van der Waals surface area (Å²) in [6.07, 6.45) is 3.50. The molecule has 0 radical (unpaired) electrons. The fourth-order valence-electron chi connectivity index (χ4n) is 3.04. The van der Waals surface area contributed by atoms with Crippen LogP contribution in [0.15, 0.2) is 48.5 Å². The first-order valence-corrected chi connectivity index (χ1v) is 9.77. The third-order valence-corrected chi connectivity index (χ3v) is 4.89. The van der Waals surface area contributed by atoms with Crippen molar-refractivity contribution in [3.8, 4) is 11.5 Å². The minimum absolute atomic E-state index is 0.0410. The highest BCUT2D eigenvalue weighted by Crippen LogP contribution is 2.32. The molecule has 2 aromatic rings. The van der Waals surface area contributed by atoms with Gasteiger partial charge >= 0.3 is 0 Å². The lowest BCUT2D eigenvalue weighted by molar-refractivity contribution is -0.113. The molecule has 0 fully saturated rings. The van der Waals surface area contributed by atoms with Crippen LogP contribution in [0.2, 0.25) is 0 Å². The van der Waals surface area contributed by atoms with Crippen molar-refractivity contribution in [1.29, 1.82) is 0 Å². The third kappa shape index (κ3) is 5.23. The van der Waals surface area contributed by atoms with Gasteiger partial charge in [0, 0.05) is 6.04 Å². The van der Waals surface area contributed by atoms with E-state index in [1.807, 2.05) is 31.2 Å². The first kappa shape index (κ1) is 20.2. The molecule has 1 atom stereocenters. The SMILES string of the molecule is CC(NCC(=O)C=Cc1ccc(C(C)(C)C)cc1)c1ccc2c(c1)OCCO2. The molecular weight excluding hydrogens is 350 g/mol. The Kier molecular flexibility index (Phi) is 6.20. The molecule has 4 nitrogen and oxygen atoms in total. The predicted octanol–water partition coefficient (Wildman–Crippen LogP) is 4.69. The van der Waals surface area contributed by atoms with Crippen LogP contribution < -0.4 is 14.8 Å². The molecule has 1 unspecified atom stereocenters. The third-order valence-electron chi connectivity index (χ3n) is 4.89. The second-order valence-electron chi connectivity index (χ2n) is 8.18. The summed E-state index contributed by atoms with van der Waals surface area (Å²) in [4.78, 5) is 12.2. The van der Waals surface area contributed by atoms with E-state index in [0.29, 0.717) is 13.2 Å². The summed E-state index contributed by atoms with van der Waals surface area (Å²) >= 11 is 0. The largest absolute Gasteiger partial charge is 0.486 e. The van der Waals surface area contributed by atoms with E-state index in [0.717, 1.165) is 22.6 Å². The Bertz CT molecular complexity index is 847. The molecule has 0 saturated heterocycles. The van der Waals surface area contributed by atoms with Gasteiger partial charge in [-0.05, 0) is 47.2 Å². The van der Waals surface area contributed by atoms with E-state index < -0.39 is 0 Å². The minimum Gasteiger partial charge on any atom is -0.486 e. The maximum atomic E-state index is 12.2. The highest BCUT2D eigenvalue weighted by atomic mass is 16.6. The molecule has 1 aliphatic heterocycles. The Morgan fingerprint density at radius 2 is 1.75 bits per heavy atom. The molecule has 3 rings (SSSR count). The van der Waals surface area contributed by atoms with Crippen LogP contribution in [-0.2, 0) is 10.2 Å². The smallest absolute Gasteiger partial charge is 0.169 e. The molecule has 2 aromatic carbocycles. The number of ketones is 1. The lowest BCUT2D eigenvalue weighted by Crippen LogP contribution is -2.25. The van der Waals surface area contributed by atoms with Crippen LogP contribution in [0.5, 0.6) is 11.5 Å². The number of benzene rings is 2. The standard InChI is InChI=1S/C24H29NO3/c1-17(19-8-12-22-23(15-19)28-14-13-27-22)25-16-21(26)11-7-18-5-9-20(10-6-18)24(2,3)4/h5-12,15,17,25H,13-14,16H2,1-4H3. The number of carbonyl (C=O) groups excluding carboxylic acids is 1. The van der Waals surface area contributed by atoms with E-state index in [2.05, 4.69) is 50.4 Å². The van der Waals surface area contributed by atoms with Crippen molar-refractivity contribution in [2.75, 3.05) is 19.8 Å². The van der Waals surface area contributed by atoms with Gasteiger partial charge in [0.25, 0.3) is 0 Å². The highest BCUT2D eigenvalue weighted by molar-refractivity contribution is 5.95. The number of fused-ring (bicyclic) bond motifs is 1. The van der Waals surface area contributed by atoms with Crippen LogP contribution in [0.25, 0.3) is 6.08 Å². The second kappa shape index (κ2) is 8.61. The molecular formula is C24H29NO3. The molecule has 0 saturated carbocycles. The van der Waals surface area contributed by atoms with Crippen molar-refractivity contribution in [3.63, 3.8) is 0 Å². The van der Waals surface area contributed by atoms with Gasteiger partial charge in [-0.2, -0.15) is 0 Å². The number of rotatable bonds is 6. The molecule has 1 aliphatic rings. The van der Waals surface area contributed by atoms with Crippen LogP contribution in [-0.4, -0.2) is 25.5 Å². The lowest BCUT2D eigenvalue weighted by atomic mass is 9.87. The molecule has 148 valence electrons. The summed E-state index contributed by atoms with van der Waals surface area (Å²) in [6.45, 7) is 10.0. The molecule has 0 bridgehead atoms. The lowest BCUT2D eigenvalue weighted by Gasteiger charge is -2.21. The molecule has 1 heterocycles. The Hall–Kier alpha value is -2.59. The molecule has 0 spiro atoms. The molecule has 0 aliphatic carbocycles. The average Bonchev–Trinajstić information content (AvgIpc) is 2.69. The van der Waals surface area contributed by atoms with Crippen LogP contribution in [0.4, 0.5) is 0 Å².